The van der Waals surface area contributed by atoms with Crippen molar-refractivity contribution < 1.29 is 23.8 Å². The first-order valence-electron chi connectivity index (χ1n) is 9.81. The highest BCUT2D eigenvalue weighted by Gasteiger charge is 2.18. The van der Waals surface area contributed by atoms with Crippen LogP contribution in [0, 0.1) is 0 Å². The predicted molar refractivity (Wildman–Crippen MR) is 119 cm³/mol. The molecular weight excluding hydrogens is 394 g/mol. The van der Waals surface area contributed by atoms with Crippen LogP contribution in [0.3, 0.4) is 0 Å². The van der Waals surface area contributed by atoms with Gasteiger partial charge in [0, 0.05) is 0 Å². The van der Waals surface area contributed by atoms with Crippen LogP contribution in [0.15, 0.2) is 72.8 Å². The fourth-order valence-electron chi connectivity index (χ4n) is 2.80. The largest absolute Gasteiger partial charge is 0.496 e. The zero-order valence-electron chi connectivity index (χ0n) is 18.0. The number of nitrogens with one attached hydrogen (secondary N) is 1. The molecule has 0 aliphatic carbocycles. The molecule has 0 aliphatic rings. The molecule has 0 fully saturated rings. The second kappa shape index (κ2) is 9.34. The van der Waals surface area contributed by atoms with E-state index in [0.29, 0.717) is 34.1 Å². The highest BCUT2D eigenvalue weighted by atomic mass is 16.6. The Morgan fingerprint density at radius 1 is 0.806 bits per heavy atom. The highest BCUT2D eigenvalue weighted by Crippen LogP contribution is 2.30. The third kappa shape index (κ3) is 5.85. The normalized spacial score (nSPS) is 10.8. The first kappa shape index (κ1) is 21.9. The summed E-state index contributed by atoms with van der Waals surface area (Å²) in [5, 5.41) is 2.86. The quantitative estimate of drug-likeness (QED) is 0.519. The van der Waals surface area contributed by atoms with Crippen molar-refractivity contribution in [2.45, 2.75) is 26.4 Å². The number of esters is 1. The molecule has 3 rings (SSSR count). The number of hydrogen-bond donors (Lipinski definition) is 1. The number of amides is 1. The van der Waals surface area contributed by atoms with E-state index in [1.807, 2.05) is 26.8 Å². The molecule has 1 amide bonds. The minimum atomic E-state index is -0.565. The van der Waals surface area contributed by atoms with Crippen molar-refractivity contribution in [1.29, 1.82) is 0 Å². The summed E-state index contributed by atoms with van der Waals surface area (Å²) in [6.07, 6.45) is 0. The van der Waals surface area contributed by atoms with E-state index < -0.39 is 11.6 Å². The summed E-state index contributed by atoms with van der Waals surface area (Å²) in [6.45, 7) is 5.45. The Morgan fingerprint density at radius 3 is 2.06 bits per heavy atom. The molecule has 0 radical (unpaired) electrons. The van der Waals surface area contributed by atoms with Gasteiger partial charge in [0.25, 0.3) is 5.91 Å². The van der Waals surface area contributed by atoms with Gasteiger partial charge in [-0.3, -0.25) is 4.79 Å². The van der Waals surface area contributed by atoms with Gasteiger partial charge in [0.05, 0.1) is 23.9 Å². The molecule has 6 heteroatoms. The molecule has 0 heterocycles. The lowest BCUT2D eigenvalue weighted by atomic mass is 10.1. The first-order valence-corrected chi connectivity index (χ1v) is 9.81. The van der Waals surface area contributed by atoms with Crippen LogP contribution in [0.25, 0.3) is 0 Å². The monoisotopic (exact) mass is 419 g/mol. The molecule has 0 atom stereocenters. The van der Waals surface area contributed by atoms with Crippen LogP contribution in [0.4, 0.5) is 5.69 Å². The van der Waals surface area contributed by atoms with Crippen molar-refractivity contribution in [2.75, 3.05) is 12.4 Å². The van der Waals surface area contributed by atoms with Gasteiger partial charge in [-0.1, -0.05) is 24.3 Å². The average molecular weight is 419 g/mol. The number of benzene rings is 3. The van der Waals surface area contributed by atoms with Gasteiger partial charge >= 0.3 is 5.97 Å². The zero-order chi connectivity index (χ0) is 22.4. The molecule has 160 valence electrons. The number of rotatable bonds is 6. The Kier molecular flexibility index (Phi) is 6.60. The molecule has 3 aromatic rings. The molecule has 0 bridgehead atoms. The summed E-state index contributed by atoms with van der Waals surface area (Å²) in [5.74, 6) is 0.760. The predicted octanol–water partition coefficient (Wildman–Crippen LogP) is 5.70. The minimum Gasteiger partial charge on any atom is -0.496 e. The molecule has 31 heavy (non-hydrogen) atoms. The van der Waals surface area contributed by atoms with E-state index in [-0.39, 0.29) is 5.91 Å². The fraction of sp³-hybridized carbons (Fsp3) is 0.200. The maximum atomic E-state index is 12.7. The third-order valence-electron chi connectivity index (χ3n) is 4.20. The highest BCUT2D eigenvalue weighted by molar-refractivity contribution is 6.06. The van der Waals surface area contributed by atoms with Crippen molar-refractivity contribution >= 4 is 17.6 Å². The summed E-state index contributed by atoms with van der Waals surface area (Å²) >= 11 is 0. The lowest BCUT2D eigenvalue weighted by molar-refractivity contribution is 0.00694. The molecule has 0 saturated heterocycles. The minimum absolute atomic E-state index is 0.311. The number of methoxy groups -OCH3 is 1. The summed E-state index contributed by atoms with van der Waals surface area (Å²) in [5.41, 5.74) is 0.793. The Morgan fingerprint density at radius 2 is 1.42 bits per heavy atom. The van der Waals surface area contributed by atoms with Gasteiger partial charge in [0.1, 0.15) is 17.1 Å². The molecule has 0 aromatic heterocycles. The van der Waals surface area contributed by atoms with Gasteiger partial charge in [0.2, 0.25) is 0 Å². The van der Waals surface area contributed by atoms with E-state index in [9.17, 15) is 9.59 Å². The van der Waals surface area contributed by atoms with Gasteiger partial charge in [-0.15, -0.1) is 0 Å². The zero-order valence-corrected chi connectivity index (χ0v) is 18.0. The topological polar surface area (TPSA) is 73.9 Å². The van der Waals surface area contributed by atoms with E-state index in [4.69, 9.17) is 14.2 Å². The van der Waals surface area contributed by atoms with Gasteiger partial charge in [-0.2, -0.15) is 0 Å². The van der Waals surface area contributed by atoms with E-state index in [1.54, 1.807) is 66.7 Å². The lowest BCUT2D eigenvalue weighted by Gasteiger charge is -2.19. The number of carbonyl (C=O) groups is 2. The summed E-state index contributed by atoms with van der Waals surface area (Å²) in [6, 6.07) is 20.7. The molecule has 0 spiro atoms. The maximum Gasteiger partial charge on any atom is 0.338 e. The molecule has 0 saturated carbocycles. The number of hydrogen-bond acceptors (Lipinski definition) is 5. The van der Waals surface area contributed by atoms with Crippen LogP contribution in [0.1, 0.15) is 41.5 Å². The second-order valence-corrected chi connectivity index (χ2v) is 7.78. The van der Waals surface area contributed by atoms with Crippen LogP contribution in [-0.2, 0) is 4.74 Å². The molecule has 6 nitrogen and oxygen atoms in total. The van der Waals surface area contributed by atoms with Crippen molar-refractivity contribution in [3.63, 3.8) is 0 Å². The van der Waals surface area contributed by atoms with Crippen LogP contribution in [0.2, 0.25) is 0 Å². The van der Waals surface area contributed by atoms with Crippen molar-refractivity contribution in [2.24, 2.45) is 0 Å². The molecule has 1 N–H and O–H groups in total. The Bertz CT molecular complexity index is 1070. The van der Waals surface area contributed by atoms with E-state index in [1.165, 1.54) is 7.11 Å². The standard InChI is InChI=1S/C25H25NO5/c1-25(2,3)31-24(28)17-13-15-18(16-14-17)30-22-12-8-6-10-20(22)26-23(27)19-9-5-7-11-21(19)29-4/h5-16H,1-4H3,(H,26,27). The summed E-state index contributed by atoms with van der Waals surface area (Å²) in [4.78, 5) is 24.9. The lowest BCUT2D eigenvalue weighted by Crippen LogP contribution is -2.23. The number of anilines is 1. The van der Waals surface area contributed by atoms with Crippen molar-refractivity contribution in [1.82, 2.24) is 0 Å². The van der Waals surface area contributed by atoms with Crippen LogP contribution in [0.5, 0.6) is 17.2 Å². The Hall–Kier alpha value is -3.80. The molecular formula is C25H25NO5. The number of carbonyl (C=O) groups excluding carboxylic acids is 2. The SMILES string of the molecule is COc1ccccc1C(=O)Nc1ccccc1Oc1ccc(C(=O)OC(C)(C)C)cc1. The van der Waals surface area contributed by atoms with Gasteiger partial charge in [-0.25, -0.2) is 4.79 Å². The van der Waals surface area contributed by atoms with Gasteiger partial charge in [-0.05, 0) is 69.3 Å². The van der Waals surface area contributed by atoms with E-state index in [0.717, 1.165) is 0 Å². The Balaban J connectivity index is 1.75. The van der Waals surface area contributed by atoms with E-state index in [2.05, 4.69) is 5.32 Å². The van der Waals surface area contributed by atoms with Crippen LogP contribution in [-0.4, -0.2) is 24.6 Å². The van der Waals surface area contributed by atoms with Gasteiger partial charge in [0.15, 0.2) is 5.75 Å². The van der Waals surface area contributed by atoms with Crippen LogP contribution >= 0.6 is 0 Å². The second-order valence-electron chi connectivity index (χ2n) is 7.78. The molecule has 3 aromatic carbocycles. The number of para-hydroxylation sites is 3. The van der Waals surface area contributed by atoms with E-state index >= 15 is 0 Å². The molecule has 0 aliphatic heterocycles. The summed E-state index contributed by atoms with van der Waals surface area (Å²) < 4.78 is 16.6. The average Bonchev–Trinajstić information content (AvgIpc) is 2.74. The number of ether oxygens (including phenoxy) is 3. The fourth-order valence-corrected chi connectivity index (χ4v) is 2.80. The summed E-state index contributed by atoms with van der Waals surface area (Å²) in [7, 11) is 1.52. The Labute approximate surface area is 181 Å². The third-order valence-corrected chi connectivity index (χ3v) is 4.20. The molecule has 0 unspecified atom stereocenters. The van der Waals surface area contributed by atoms with Crippen molar-refractivity contribution in [3.05, 3.63) is 83.9 Å². The van der Waals surface area contributed by atoms with Crippen LogP contribution < -0.4 is 14.8 Å². The first-order chi connectivity index (χ1) is 14.8. The van der Waals surface area contributed by atoms with Crippen molar-refractivity contribution in [3.8, 4) is 17.2 Å². The maximum absolute atomic E-state index is 12.7. The smallest absolute Gasteiger partial charge is 0.338 e. The van der Waals surface area contributed by atoms with Gasteiger partial charge < -0.3 is 19.5 Å².